The zero-order valence-corrected chi connectivity index (χ0v) is 7.73. The van der Waals surface area contributed by atoms with Crippen molar-refractivity contribution >= 4 is 5.65 Å². The normalized spacial score (nSPS) is 13.3. The predicted octanol–water partition coefficient (Wildman–Crippen LogP) is 1.69. The van der Waals surface area contributed by atoms with E-state index in [2.05, 4.69) is 4.98 Å². The minimum Gasteiger partial charge on any atom is -0.330 e. The quantitative estimate of drug-likeness (QED) is 0.806. The van der Waals surface area contributed by atoms with Crippen molar-refractivity contribution in [3.8, 4) is 0 Å². The topological polar surface area (TPSA) is 43.3 Å². The van der Waals surface area contributed by atoms with Gasteiger partial charge in [0.05, 0.1) is 11.9 Å². The third-order valence-electron chi connectivity index (χ3n) is 2.19. The maximum absolute atomic E-state index is 13.6. The standard InChI is InChI=1S/C10H12FN3/c11-8(4-5-12)9-7-13-10-3-1-2-6-14(9)10/h1-3,6-8H,4-5,12H2. The van der Waals surface area contributed by atoms with Gasteiger partial charge in [0.15, 0.2) is 0 Å². The monoisotopic (exact) mass is 193 g/mol. The Morgan fingerprint density at radius 3 is 3.14 bits per heavy atom. The molecule has 0 amide bonds. The summed E-state index contributed by atoms with van der Waals surface area (Å²) in [6.45, 7) is 0.348. The highest BCUT2D eigenvalue weighted by Gasteiger charge is 2.13. The molecule has 2 N–H and O–H groups in total. The van der Waals surface area contributed by atoms with Crippen molar-refractivity contribution in [2.24, 2.45) is 5.73 Å². The van der Waals surface area contributed by atoms with E-state index in [4.69, 9.17) is 5.73 Å². The smallest absolute Gasteiger partial charge is 0.143 e. The molecule has 14 heavy (non-hydrogen) atoms. The van der Waals surface area contributed by atoms with Crippen LogP contribution in [0.4, 0.5) is 4.39 Å². The average Bonchev–Trinajstić information content (AvgIpc) is 2.61. The molecule has 0 aromatic carbocycles. The Kier molecular flexibility index (Phi) is 2.45. The maximum Gasteiger partial charge on any atom is 0.143 e. The van der Waals surface area contributed by atoms with Gasteiger partial charge in [-0.1, -0.05) is 6.07 Å². The van der Waals surface area contributed by atoms with Crippen molar-refractivity contribution in [1.29, 1.82) is 0 Å². The summed E-state index contributed by atoms with van der Waals surface area (Å²) in [4.78, 5) is 4.10. The van der Waals surface area contributed by atoms with E-state index in [0.717, 1.165) is 5.65 Å². The van der Waals surface area contributed by atoms with E-state index in [0.29, 0.717) is 18.7 Å². The molecule has 2 aromatic heterocycles. The fraction of sp³-hybridized carbons (Fsp3) is 0.300. The fourth-order valence-corrected chi connectivity index (χ4v) is 1.48. The Bertz CT molecular complexity index is 424. The van der Waals surface area contributed by atoms with Crippen molar-refractivity contribution in [3.05, 3.63) is 36.3 Å². The number of alkyl halides is 1. The van der Waals surface area contributed by atoms with E-state index in [1.807, 2.05) is 18.2 Å². The molecule has 2 rings (SSSR count). The first-order valence-corrected chi connectivity index (χ1v) is 4.59. The molecular weight excluding hydrogens is 181 g/mol. The largest absolute Gasteiger partial charge is 0.330 e. The lowest BCUT2D eigenvalue weighted by Gasteiger charge is -2.05. The number of nitrogens with zero attached hydrogens (tertiary/aromatic N) is 2. The van der Waals surface area contributed by atoms with Crippen LogP contribution in [0.2, 0.25) is 0 Å². The van der Waals surface area contributed by atoms with E-state index in [9.17, 15) is 4.39 Å². The number of imidazole rings is 1. The van der Waals surface area contributed by atoms with Crippen LogP contribution in [0.25, 0.3) is 5.65 Å². The van der Waals surface area contributed by atoms with Gasteiger partial charge in [0.2, 0.25) is 0 Å². The summed E-state index contributed by atoms with van der Waals surface area (Å²) in [5.74, 6) is 0. The number of nitrogens with two attached hydrogens (primary N) is 1. The van der Waals surface area contributed by atoms with Crippen LogP contribution in [0.1, 0.15) is 18.3 Å². The van der Waals surface area contributed by atoms with Crippen LogP contribution in [-0.4, -0.2) is 15.9 Å². The first-order chi connectivity index (χ1) is 6.83. The Hall–Kier alpha value is -1.42. The first kappa shape index (κ1) is 9.15. The lowest BCUT2D eigenvalue weighted by molar-refractivity contribution is 0.318. The van der Waals surface area contributed by atoms with E-state index in [1.54, 1.807) is 16.8 Å². The highest BCUT2D eigenvalue weighted by Crippen LogP contribution is 2.21. The highest BCUT2D eigenvalue weighted by atomic mass is 19.1. The predicted molar refractivity (Wildman–Crippen MR) is 52.7 cm³/mol. The summed E-state index contributed by atoms with van der Waals surface area (Å²) in [6, 6.07) is 5.58. The van der Waals surface area contributed by atoms with Crippen molar-refractivity contribution in [3.63, 3.8) is 0 Å². The second kappa shape index (κ2) is 3.75. The van der Waals surface area contributed by atoms with Crippen LogP contribution in [-0.2, 0) is 0 Å². The van der Waals surface area contributed by atoms with E-state index < -0.39 is 6.17 Å². The molecule has 0 aliphatic heterocycles. The third-order valence-corrected chi connectivity index (χ3v) is 2.19. The molecule has 0 spiro atoms. The number of rotatable bonds is 3. The highest BCUT2D eigenvalue weighted by molar-refractivity contribution is 5.40. The second-order valence-electron chi connectivity index (χ2n) is 3.16. The minimum atomic E-state index is -1.03. The minimum absolute atomic E-state index is 0.336. The molecule has 1 unspecified atom stereocenters. The van der Waals surface area contributed by atoms with Gasteiger partial charge < -0.3 is 10.1 Å². The zero-order chi connectivity index (χ0) is 9.97. The molecule has 0 aliphatic carbocycles. The number of hydrogen-bond acceptors (Lipinski definition) is 2. The van der Waals surface area contributed by atoms with Gasteiger partial charge in [-0.05, 0) is 25.1 Å². The Balaban J connectivity index is 2.42. The molecule has 0 saturated carbocycles. The molecule has 0 fully saturated rings. The second-order valence-corrected chi connectivity index (χ2v) is 3.16. The maximum atomic E-state index is 13.6. The number of hydrogen-bond donors (Lipinski definition) is 1. The van der Waals surface area contributed by atoms with Gasteiger partial charge in [0.1, 0.15) is 11.8 Å². The number of aromatic nitrogens is 2. The molecule has 0 saturated heterocycles. The third kappa shape index (κ3) is 1.48. The van der Waals surface area contributed by atoms with Crippen molar-refractivity contribution in [2.45, 2.75) is 12.6 Å². The van der Waals surface area contributed by atoms with Crippen LogP contribution < -0.4 is 5.73 Å². The van der Waals surface area contributed by atoms with E-state index >= 15 is 0 Å². The van der Waals surface area contributed by atoms with Gasteiger partial charge in [-0.15, -0.1) is 0 Å². The average molecular weight is 193 g/mol. The molecule has 74 valence electrons. The zero-order valence-electron chi connectivity index (χ0n) is 7.73. The number of halogens is 1. The molecule has 2 heterocycles. The Morgan fingerprint density at radius 2 is 2.36 bits per heavy atom. The molecule has 2 aromatic rings. The fourth-order valence-electron chi connectivity index (χ4n) is 1.48. The molecule has 3 nitrogen and oxygen atoms in total. The Morgan fingerprint density at radius 1 is 1.50 bits per heavy atom. The van der Waals surface area contributed by atoms with Gasteiger partial charge >= 0.3 is 0 Å². The van der Waals surface area contributed by atoms with Gasteiger partial charge in [-0.25, -0.2) is 9.37 Å². The van der Waals surface area contributed by atoms with Crippen LogP contribution in [0.3, 0.4) is 0 Å². The summed E-state index contributed by atoms with van der Waals surface area (Å²) >= 11 is 0. The molecule has 0 aliphatic rings. The van der Waals surface area contributed by atoms with E-state index in [1.165, 1.54) is 0 Å². The van der Waals surface area contributed by atoms with Crippen molar-refractivity contribution < 1.29 is 4.39 Å². The molecule has 4 heteroatoms. The van der Waals surface area contributed by atoms with Crippen molar-refractivity contribution in [2.75, 3.05) is 6.54 Å². The SMILES string of the molecule is NCCC(F)c1cnc2ccccn12. The van der Waals surface area contributed by atoms with Crippen LogP contribution in [0.5, 0.6) is 0 Å². The van der Waals surface area contributed by atoms with Gasteiger partial charge in [0.25, 0.3) is 0 Å². The number of fused-ring (bicyclic) bond motifs is 1. The lowest BCUT2D eigenvalue weighted by Crippen LogP contribution is -2.05. The van der Waals surface area contributed by atoms with Gasteiger partial charge in [-0.2, -0.15) is 0 Å². The van der Waals surface area contributed by atoms with Gasteiger partial charge in [0, 0.05) is 6.20 Å². The molecule has 1 atom stereocenters. The summed E-state index contributed by atoms with van der Waals surface area (Å²) in [7, 11) is 0. The molecule has 0 radical (unpaired) electrons. The Labute approximate surface area is 81.4 Å². The van der Waals surface area contributed by atoms with Crippen LogP contribution >= 0.6 is 0 Å². The summed E-state index contributed by atoms with van der Waals surface area (Å²) < 4.78 is 15.3. The first-order valence-electron chi connectivity index (χ1n) is 4.59. The molecular formula is C10H12FN3. The van der Waals surface area contributed by atoms with Crippen LogP contribution in [0, 0.1) is 0 Å². The van der Waals surface area contributed by atoms with Crippen molar-refractivity contribution in [1.82, 2.24) is 9.38 Å². The lowest BCUT2D eigenvalue weighted by atomic mass is 10.2. The molecule has 0 bridgehead atoms. The summed E-state index contributed by atoms with van der Waals surface area (Å²) in [5, 5.41) is 0. The summed E-state index contributed by atoms with van der Waals surface area (Å²) in [6.07, 6.45) is 2.68. The number of pyridine rings is 1. The summed E-state index contributed by atoms with van der Waals surface area (Å²) in [5.41, 5.74) is 6.65. The van der Waals surface area contributed by atoms with E-state index in [-0.39, 0.29) is 0 Å². The van der Waals surface area contributed by atoms with Crippen LogP contribution in [0.15, 0.2) is 30.6 Å². The van der Waals surface area contributed by atoms with Gasteiger partial charge in [-0.3, -0.25) is 0 Å².